The van der Waals surface area contributed by atoms with Gasteiger partial charge in [0.25, 0.3) is 0 Å². The molecule has 0 aliphatic heterocycles. The van der Waals surface area contributed by atoms with Gasteiger partial charge in [0.05, 0.1) is 11.4 Å². The van der Waals surface area contributed by atoms with Gasteiger partial charge < -0.3 is 11.1 Å². The first kappa shape index (κ1) is 12.4. The molecule has 1 aromatic rings. The lowest BCUT2D eigenvalue weighted by molar-refractivity contribution is 0.435. The fourth-order valence-corrected chi connectivity index (χ4v) is 2.61. The summed E-state index contributed by atoms with van der Waals surface area (Å²) in [4.78, 5) is 8.21. The van der Waals surface area contributed by atoms with E-state index in [0.717, 1.165) is 18.0 Å². The Kier molecular flexibility index (Phi) is 3.43. The number of nitrogens with zero attached hydrogens (tertiary/aromatic N) is 2. The molecule has 1 aromatic heterocycles. The van der Waals surface area contributed by atoms with Crippen LogP contribution in [0.3, 0.4) is 0 Å². The Morgan fingerprint density at radius 1 is 1.29 bits per heavy atom. The smallest absolute Gasteiger partial charge is 0.224 e. The molecule has 3 atom stereocenters. The van der Waals surface area contributed by atoms with E-state index < -0.39 is 0 Å². The van der Waals surface area contributed by atoms with E-state index >= 15 is 0 Å². The van der Waals surface area contributed by atoms with E-state index in [9.17, 15) is 0 Å². The van der Waals surface area contributed by atoms with Crippen LogP contribution in [0, 0.1) is 18.8 Å². The van der Waals surface area contributed by atoms with Crippen molar-refractivity contribution in [1.29, 1.82) is 0 Å². The lowest BCUT2D eigenvalue weighted by atomic mass is 9.98. The number of nitrogen functional groups attached to an aromatic ring is 1. The SMILES string of the molecule is Cc1nc(Cl)nc(NC2CCC(C)C2C)c1N. The number of aromatic nitrogens is 2. The molecule has 5 heteroatoms. The molecule has 17 heavy (non-hydrogen) atoms. The Hall–Kier alpha value is -1.03. The fraction of sp³-hybridized carbons (Fsp3) is 0.667. The number of hydrogen-bond donors (Lipinski definition) is 2. The highest BCUT2D eigenvalue weighted by Gasteiger charge is 2.30. The van der Waals surface area contributed by atoms with Gasteiger partial charge in [0.1, 0.15) is 0 Å². The zero-order valence-electron chi connectivity index (χ0n) is 10.5. The van der Waals surface area contributed by atoms with Gasteiger partial charge in [-0.25, -0.2) is 4.98 Å². The maximum atomic E-state index is 5.96. The van der Waals surface area contributed by atoms with Crippen LogP contribution in [0.5, 0.6) is 0 Å². The van der Waals surface area contributed by atoms with Gasteiger partial charge in [0.2, 0.25) is 5.28 Å². The summed E-state index contributed by atoms with van der Waals surface area (Å²) in [7, 11) is 0. The Balaban J connectivity index is 2.19. The summed E-state index contributed by atoms with van der Waals surface area (Å²) in [6.45, 7) is 6.39. The molecule has 4 nitrogen and oxygen atoms in total. The van der Waals surface area contributed by atoms with Crippen molar-refractivity contribution < 1.29 is 0 Å². The minimum absolute atomic E-state index is 0.248. The first-order valence-electron chi connectivity index (χ1n) is 6.05. The first-order chi connectivity index (χ1) is 7.99. The number of aryl methyl sites for hydroxylation is 1. The molecule has 0 radical (unpaired) electrons. The van der Waals surface area contributed by atoms with Gasteiger partial charge in [0.15, 0.2) is 5.82 Å². The standard InChI is InChI=1S/C12H19ClN4/c1-6-4-5-9(7(6)2)16-11-10(14)8(3)15-12(13)17-11/h6-7,9H,4-5,14H2,1-3H3,(H,15,16,17). The summed E-state index contributed by atoms with van der Waals surface area (Å²) in [5.74, 6) is 2.05. The molecule has 1 saturated carbocycles. The first-order valence-corrected chi connectivity index (χ1v) is 6.43. The fourth-order valence-electron chi connectivity index (χ4n) is 2.40. The van der Waals surface area contributed by atoms with Crippen LogP contribution < -0.4 is 11.1 Å². The predicted octanol–water partition coefficient (Wildman–Crippen LogP) is 2.87. The van der Waals surface area contributed by atoms with E-state index in [4.69, 9.17) is 17.3 Å². The monoisotopic (exact) mass is 254 g/mol. The quantitative estimate of drug-likeness (QED) is 0.797. The van der Waals surface area contributed by atoms with E-state index in [2.05, 4.69) is 29.1 Å². The van der Waals surface area contributed by atoms with Crippen LogP contribution in [0.4, 0.5) is 11.5 Å². The van der Waals surface area contributed by atoms with Gasteiger partial charge in [0, 0.05) is 6.04 Å². The van der Waals surface area contributed by atoms with E-state index in [0.29, 0.717) is 23.5 Å². The highest BCUT2D eigenvalue weighted by Crippen LogP contribution is 2.34. The molecule has 0 amide bonds. The number of halogens is 1. The Labute approximate surface area is 107 Å². The van der Waals surface area contributed by atoms with Gasteiger partial charge in [-0.05, 0) is 43.2 Å². The number of nitrogens with one attached hydrogen (secondary N) is 1. The number of hydrogen-bond acceptors (Lipinski definition) is 4. The van der Waals surface area contributed by atoms with Gasteiger partial charge in [-0.3, -0.25) is 0 Å². The topological polar surface area (TPSA) is 63.8 Å². The summed E-state index contributed by atoms with van der Waals surface area (Å²) < 4.78 is 0. The van der Waals surface area contributed by atoms with Crippen LogP contribution in [0.15, 0.2) is 0 Å². The minimum atomic E-state index is 0.248. The molecule has 2 rings (SSSR count). The zero-order chi connectivity index (χ0) is 12.6. The van der Waals surface area contributed by atoms with Crippen LogP contribution in [-0.2, 0) is 0 Å². The molecule has 0 aromatic carbocycles. The van der Waals surface area contributed by atoms with Crippen molar-refractivity contribution in [2.75, 3.05) is 11.1 Å². The van der Waals surface area contributed by atoms with Crippen molar-refractivity contribution in [2.45, 2.75) is 39.7 Å². The molecule has 0 spiro atoms. The third kappa shape index (κ3) is 2.46. The second kappa shape index (κ2) is 4.69. The molecule has 3 unspecified atom stereocenters. The summed E-state index contributed by atoms with van der Waals surface area (Å²) >= 11 is 5.85. The predicted molar refractivity (Wildman–Crippen MR) is 71.2 cm³/mol. The van der Waals surface area contributed by atoms with Crippen molar-refractivity contribution in [2.24, 2.45) is 11.8 Å². The summed E-state index contributed by atoms with van der Waals surface area (Å²) in [5.41, 5.74) is 7.29. The van der Waals surface area contributed by atoms with Crippen molar-refractivity contribution in [3.8, 4) is 0 Å². The van der Waals surface area contributed by atoms with Crippen molar-refractivity contribution in [1.82, 2.24) is 9.97 Å². The lowest BCUT2D eigenvalue weighted by Crippen LogP contribution is -2.25. The van der Waals surface area contributed by atoms with Crippen LogP contribution in [-0.4, -0.2) is 16.0 Å². The Morgan fingerprint density at radius 2 is 2.00 bits per heavy atom. The maximum absolute atomic E-state index is 5.96. The van der Waals surface area contributed by atoms with E-state index in [1.807, 2.05) is 6.92 Å². The maximum Gasteiger partial charge on any atom is 0.224 e. The van der Waals surface area contributed by atoms with Gasteiger partial charge >= 0.3 is 0 Å². The molecule has 0 bridgehead atoms. The zero-order valence-corrected chi connectivity index (χ0v) is 11.3. The summed E-state index contributed by atoms with van der Waals surface area (Å²) in [6.07, 6.45) is 2.40. The molecule has 94 valence electrons. The van der Waals surface area contributed by atoms with Crippen molar-refractivity contribution in [3.05, 3.63) is 11.0 Å². The molecule has 1 aliphatic rings. The van der Waals surface area contributed by atoms with E-state index in [1.165, 1.54) is 6.42 Å². The minimum Gasteiger partial charge on any atom is -0.394 e. The largest absolute Gasteiger partial charge is 0.394 e. The summed E-state index contributed by atoms with van der Waals surface area (Å²) in [5, 5.41) is 3.66. The average molecular weight is 255 g/mol. The third-order valence-corrected chi connectivity index (χ3v) is 4.07. The van der Waals surface area contributed by atoms with Crippen LogP contribution in [0.1, 0.15) is 32.4 Å². The van der Waals surface area contributed by atoms with E-state index in [-0.39, 0.29) is 5.28 Å². The van der Waals surface area contributed by atoms with Gasteiger partial charge in [-0.2, -0.15) is 4.98 Å². The molecule has 1 aliphatic carbocycles. The average Bonchev–Trinajstić information content (AvgIpc) is 2.57. The van der Waals surface area contributed by atoms with Crippen molar-refractivity contribution in [3.63, 3.8) is 0 Å². The third-order valence-electron chi connectivity index (χ3n) is 3.90. The lowest BCUT2D eigenvalue weighted by Gasteiger charge is -2.21. The van der Waals surface area contributed by atoms with Crippen LogP contribution in [0.25, 0.3) is 0 Å². The second-order valence-corrected chi connectivity index (χ2v) is 5.34. The number of anilines is 2. The van der Waals surface area contributed by atoms with Crippen LogP contribution >= 0.6 is 11.6 Å². The van der Waals surface area contributed by atoms with Crippen LogP contribution in [0.2, 0.25) is 5.28 Å². The number of nitrogens with two attached hydrogens (primary N) is 1. The van der Waals surface area contributed by atoms with Gasteiger partial charge in [-0.1, -0.05) is 13.8 Å². The molecular weight excluding hydrogens is 236 g/mol. The highest BCUT2D eigenvalue weighted by molar-refractivity contribution is 6.28. The van der Waals surface area contributed by atoms with Gasteiger partial charge in [-0.15, -0.1) is 0 Å². The molecular formula is C12H19ClN4. The second-order valence-electron chi connectivity index (χ2n) is 5.00. The number of rotatable bonds is 2. The molecule has 1 fully saturated rings. The van der Waals surface area contributed by atoms with E-state index in [1.54, 1.807) is 0 Å². The Morgan fingerprint density at radius 3 is 2.59 bits per heavy atom. The normalized spacial score (nSPS) is 28.4. The molecule has 3 N–H and O–H groups in total. The Bertz CT molecular complexity index is 421. The molecule has 0 saturated heterocycles. The van der Waals surface area contributed by atoms with Crippen molar-refractivity contribution >= 4 is 23.1 Å². The summed E-state index contributed by atoms with van der Waals surface area (Å²) in [6, 6.07) is 0.428. The molecule has 1 heterocycles. The highest BCUT2D eigenvalue weighted by atomic mass is 35.5.